The highest BCUT2D eigenvalue weighted by Gasteiger charge is 2.28. The molecule has 168 valence electrons. The van der Waals surface area contributed by atoms with Crippen molar-refractivity contribution in [3.8, 4) is 0 Å². The number of morpholine rings is 1. The predicted molar refractivity (Wildman–Crippen MR) is 139 cm³/mol. The fourth-order valence-electron chi connectivity index (χ4n) is 4.53. The minimum Gasteiger partial charge on any atom is -0.378 e. The van der Waals surface area contributed by atoms with Crippen molar-refractivity contribution in [1.29, 1.82) is 0 Å². The first-order valence-electron chi connectivity index (χ1n) is 11.7. The molecule has 0 unspecified atom stereocenters. The Kier molecular flexibility index (Phi) is 7.61. The molecule has 4 nitrogen and oxygen atoms in total. The molecule has 2 aromatic carbocycles. The van der Waals surface area contributed by atoms with Crippen LogP contribution in [0.3, 0.4) is 0 Å². The minimum absolute atomic E-state index is 0.765. The maximum atomic E-state index is 5.87. The highest BCUT2D eigenvalue weighted by Crippen LogP contribution is 2.37. The van der Waals surface area contributed by atoms with Crippen LogP contribution in [0.15, 0.2) is 71.4 Å². The van der Waals surface area contributed by atoms with Crippen molar-refractivity contribution in [2.24, 2.45) is 0 Å². The summed E-state index contributed by atoms with van der Waals surface area (Å²) < 4.78 is 5.62. The lowest BCUT2D eigenvalue weighted by Crippen LogP contribution is -2.36. The van der Waals surface area contributed by atoms with Gasteiger partial charge in [0.15, 0.2) is 0 Å². The summed E-state index contributed by atoms with van der Waals surface area (Å²) in [6.45, 7) is 9.79. The molecule has 1 N–H and O–H groups in total. The Morgan fingerprint density at radius 1 is 1.00 bits per heavy atom. The van der Waals surface area contributed by atoms with Gasteiger partial charge >= 0.3 is 0 Å². The van der Waals surface area contributed by atoms with Gasteiger partial charge in [0, 0.05) is 48.8 Å². The minimum atomic E-state index is 0.765. The second kappa shape index (κ2) is 10.8. The molecule has 0 atom stereocenters. The van der Waals surface area contributed by atoms with E-state index < -0.39 is 0 Å². The van der Waals surface area contributed by atoms with Crippen LogP contribution in [0.4, 0.5) is 11.4 Å². The normalized spacial score (nSPS) is 17.7. The van der Waals surface area contributed by atoms with Crippen LogP contribution in [0.2, 0.25) is 0 Å². The van der Waals surface area contributed by atoms with Gasteiger partial charge in [0.1, 0.15) is 4.99 Å². The Labute approximate surface area is 197 Å². The Balaban J connectivity index is 1.62. The molecule has 0 bridgehead atoms. The van der Waals surface area contributed by atoms with Crippen molar-refractivity contribution in [3.63, 3.8) is 0 Å². The molecule has 1 aliphatic heterocycles. The van der Waals surface area contributed by atoms with Crippen LogP contribution in [0, 0.1) is 0 Å². The highest BCUT2D eigenvalue weighted by molar-refractivity contribution is 7.81. The van der Waals surface area contributed by atoms with E-state index in [0.717, 1.165) is 62.9 Å². The first-order valence-corrected chi connectivity index (χ1v) is 12.1. The van der Waals surface area contributed by atoms with Crippen LogP contribution in [-0.4, -0.2) is 49.3 Å². The summed E-state index contributed by atoms with van der Waals surface area (Å²) in [6.07, 6.45) is 4.32. The van der Waals surface area contributed by atoms with Crippen LogP contribution in [-0.2, 0) is 4.74 Å². The quantitative estimate of drug-likeness (QED) is 0.547. The number of para-hydroxylation sites is 1. The number of benzene rings is 2. The molecule has 1 saturated heterocycles. The second-order valence-electron chi connectivity index (χ2n) is 8.18. The molecule has 1 heterocycles. The highest BCUT2D eigenvalue weighted by atomic mass is 32.1. The molecule has 2 aliphatic rings. The van der Waals surface area contributed by atoms with Gasteiger partial charge in [0.05, 0.1) is 13.2 Å². The number of nitrogens with zero attached hydrogens (tertiary/aromatic N) is 2. The lowest BCUT2D eigenvalue weighted by Gasteiger charge is -2.32. The van der Waals surface area contributed by atoms with Gasteiger partial charge in [-0.1, -0.05) is 42.5 Å². The van der Waals surface area contributed by atoms with Crippen LogP contribution >= 0.6 is 12.2 Å². The Morgan fingerprint density at radius 3 is 2.34 bits per heavy atom. The fourth-order valence-corrected chi connectivity index (χ4v) is 4.85. The van der Waals surface area contributed by atoms with E-state index in [-0.39, 0.29) is 0 Å². The third kappa shape index (κ3) is 5.22. The Morgan fingerprint density at radius 2 is 1.69 bits per heavy atom. The smallest absolute Gasteiger partial charge is 0.108 e. The average molecular weight is 448 g/mol. The lowest BCUT2D eigenvalue weighted by molar-refractivity contribution is 0.0548. The Hall–Kier alpha value is -2.63. The van der Waals surface area contributed by atoms with E-state index in [1.165, 1.54) is 28.1 Å². The van der Waals surface area contributed by atoms with Gasteiger partial charge in [-0.15, -0.1) is 0 Å². The van der Waals surface area contributed by atoms with Gasteiger partial charge in [0.25, 0.3) is 0 Å². The molecule has 2 aromatic rings. The topological polar surface area (TPSA) is 27.7 Å². The SMILES string of the molecule is CCN(CC)c1ccc(/C=C2\CCC(C(=S)Nc3ccccc3)=C2N2CCOCC2)cc1. The number of hydrogen-bond donors (Lipinski definition) is 1. The van der Waals surface area contributed by atoms with Gasteiger partial charge in [-0.2, -0.15) is 0 Å². The third-order valence-corrected chi connectivity index (χ3v) is 6.58. The van der Waals surface area contributed by atoms with Crippen molar-refractivity contribution in [3.05, 3.63) is 77.0 Å². The second-order valence-corrected chi connectivity index (χ2v) is 8.59. The summed E-state index contributed by atoms with van der Waals surface area (Å²) in [5.74, 6) is 0. The molecule has 0 saturated carbocycles. The van der Waals surface area contributed by atoms with E-state index >= 15 is 0 Å². The van der Waals surface area contributed by atoms with E-state index in [2.05, 4.69) is 71.4 Å². The summed E-state index contributed by atoms with van der Waals surface area (Å²) in [6, 6.07) is 19.1. The van der Waals surface area contributed by atoms with Gasteiger partial charge < -0.3 is 19.9 Å². The van der Waals surface area contributed by atoms with Crippen molar-refractivity contribution in [2.75, 3.05) is 49.6 Å². The van der Waals surface area contributed by atoms with E-state index in [9.17, 15) is 0 Å². The zero-order valence-electron chi connectivity index (χ0n) is 19.1. The number of rotatable bonds is 7. The van der Waals surface area contributed by atoms with Crippen LogP contribution < -0.4 is 10.2 Å². The molecular formula is C27H33N3OS. The van der Waals surface area contributed by atoms with Crippen LogP contribution in [0.25, 0.3) is 6.08 Å². The van der Waals surface area contributed by atoms with Gasteiger partial charge in [-0.3, -0.25) is 0 Å². The van der Waals surface area contributed by atoms with E-state index in [1.54, 1.807) is 0 Å². The zero-order chi connectivity index (χ0) is 22.3. The molecule has 4 rings (SSSR count). The molecule has 0 spiro atoms. The van der Waals surface area contributed by atoms with Gasteiger partial charge in [-0.05, 0) is 68.2 Å². The largest absolute Gasteiger partial charge is 0.378 e. The van der Waals surface area contributed by atoms with E-state index in [4.69, 9.17) is 17.0 Å². The van der Waals surface area contributed by atoms with Crippen molar-refractivity contribution in [2.45, 2.75) is 26.7 Å². The molecule has 0 radical (unpaired) electrons. The molecule has 0 aromatic heterocycles. The first-order chi connectivity index (χ1) is 15.7. The van der Waals surface area contributed by atoms with Gasteiger partial charge in [-0.25, -0.2) is 0 Å². The number of thiocarbonyl (C=S) groups is 1. The summed E-state index contributed by atoms with van der Waals surface area (Å²) in [5.41, 5.74) is 7.48. The maximum absolute atomic E-state index is 5.87. The fraction of sp³-hybridized carbons (Fsp3) is 0.370. The van der Waals surface area contributed by atoms with Crippen molar-refractivity contribution < 1.29 is 4.74 Å². The molecule has 1 fully saturated rings. The maximum Gasteiger partial charge on any atom is 0.108 e. The van der Waals surface area contributed by atoms with Crippen molar-refractivity contribution >= 4 is 34.7 Å². The average Bonchev–Trinajstić information content (AvgIpc) is 3.26. The molecule has 5 heteroatoms. The summed E-state index contributed by atoms with van der Waals surface area (Å²) >= 11 is 5.87. The van der Waals surface area contributed by atoms with Gasteiger partial charge in [0.2, 0.25) is 0 Å². The van der Waals surface area contributed by atoms with Crippen LogP contribution in [0.1, 0.15) is 32.3 Å². The summed E-state index contributed by atoms with van der Waals surface area (Å²) in [7, 11) is 0. The Bertz CT molecular complexity index is 972. The van der Waals surface area contributed by atoms with E-state index in [0.29, 0.717) is 0 Å². The van der Waals surface area contributed by atoms with Crippen molar-refractivity contribution in [1.82, 2.24) is 4.90 Å². The monoisotopic (exact) mass is 447 g/mol. The predicted octanol–water partition coefficient (Wildman–Crippen LogP) is 5.74. The summed E-state index contributed by atoms with van der Waals surface area (Å²) in [5, 5.41) is 3.45. The third-order valence-electron chi connectivity index (χ3n) is 6.23. The first kappa shape index (κ1) is 22.6. The molecule has 0 amide bonds. The number of ether oxygens (including phenoxy) is 1. The number of anilines is 2. The molecule has 32 heavy (non-hydrogen) atoms. The van der Waals surface area contributed by atoms with E-state index in [1.807, 2.05) is 18.2 Å². The zero-order valence-corrected chi connectivity index (χ0v) is 20.0. The van der Waals surface area contributed by atoms with Crippen LogP contribution in [0.5, 0.6) is 0 Å². The number of hydrogen-bond acceptors (Lipinski definition) is 4. The lowest BCUT2D eigenvalue weighted by atomic mass is 10.1. The standard InChI is InChI=1S/C27H33N3OS/c1-3-29(4-2)24-13-10-21(11-14-24)20-22-12-15-25(26(22)30-16-18-31-19-17-30)27(32)28-23-8-6-5-7-9-23/h5-11,13-14,20H,3-4,12,15-19H2,1-2H3,(H,28,32)/b22-20+. The summed E-state index contributed by atoms with van der Waals surface area (Å²) in [4.78, 5) is 5.66. The molecular weight excluding hydrogens is 414 g/mol. The number of allylic oxidation sites excluding steroid dienone is 1. The molecule has 1 aliphatic carbocycles. The number of nitrogens with one attached hydrogen (secondary N) is 1.